The van der Waals surface area contributed by atoms with Gasteiger partial charge in [0.1, 0.15) is 35.0 Å². The van der Waals surface area contributed by atoms with Crippen molar-refractivity contribution in [3.8, 4) is 0 Å². The van der Waals surface area contributed by atoms with Crippen LogP contribution >= 0.6 is 0 Å². The zero-order chi connectivity index (χ0) is 20.7. The number of hydrogen-bond acceptors (Lipinski definition) is 5. The lowest BCUT2D eigenvalue weighted by molar-refractivity contribution is -0.132. The molecule has 6 nitrogen and oxygen atoms in total. The van der Waals surface area contributed by atoms with Gasteiger partial charge in [-0.15, -0.1) is 0 Å². The van der Waals surface area contributed by atoms with Crippen molar-refractivity contribution in [2.45, 2.75) is 13.0 Å². The van der Waals surface area contributed by atoms with Crippen LogP contribution in [0.25, 0.3) is 5.76 Å². The number of hydrogen-bond donors (Lipinski definition) is 1. The van der Waals surface area contributed by atoms with Crippen molar-refractivity contribution in [3.05, 3.63) is 89.1 Å². The first kappa shape index (κ1) is 18.5. The predicted octanol–water partition coefficient (Wildman–Crippen LogP) is 3.89. The summed E-state index contributed by atoms with van der Waals surface area (Å²) in [7, 11) is 0. The number of aryl methyl sites for hydroxylation is 1. The van der Waals surface area contributed by atoms with E-state index in [1.807, 2.05) is 0 Å². The van der Waals surface area contributed by atoms with Gasteiger partial charge >= 0.3 is 0 Å². The second-order valence-electron chi connectivity index (χ2n) is 6.45. The average molecular weight is 396 g/mol. The molecule has 1 amide bonds. The van der Waals surface area contributed by atoms with Crippen LogP contribution in [0.4, 0.5) is 14.5 Å². The maximum absolute atomic E-state index is 14.5. The molecule has 1 N–H and O–H groups in total. The fourth-order valence-electron chi connectivity index (χ4n) is 3.29. The minimum atomic E-state index is -1.23. The first-order valence-electron chi connectivity index (χ1n) is 8.61. The molecule has 1 saturated heterocycles. The van der Waals surface area contributed by atoms with Crippen molar-refractivity contribution < 1.29 is 27.9 Å². The number of nitrogens with zero attached hydrogens (tertiary/aromatic N) is 2. The van der Waals surface area contributed by atoms with Crippen molar-refractivity contribution in [1.82, 2.24) is 4.98 Å². The second-order valence-corrected chi connectivity index (χ2v) is 6.45. The number of aliphatic hydroxyl groups is 1. The number of carbonyl (C=O) groups is 2. The molecular formula is C21H14F2N2O4. The Kier molecular flexibility index (Phi) is 4.46. The number of halogens is 2. The van der Waals surface area contributed by atoms with Crippen molar-refractivity contribution in [1.29, 1.82) is 0 Å². The van der Waals surface area contributed by atoms with Gasteiger partial charge in [0.15, 0.2) is 0 Å². The SMILES string of the molecule is Cc1ccc(C2/C(=C(/O)c3ccncc3)C(=O)C(=O)N2c2ccc(F)cc2F)o1. The van der Waals surface area contributed by atoms with E-state index >= 15 is 0 Å². The number of furan rings is 1. The van der Waals surface area contributed by atoms with Crippen LogP contribution in [0.2, 0.25) is 0 Å². The number of aliphatic hydroxyl groups excluding tert-OH is 1. The van der Waals surface area contributed by atoms with E-state index in [9.17, 15) is 23.5 Å². The number of pyridine rings is 1. The van der Waals surface area contributed by atoms with E-state index in [4.69, 9.17) is 4.42 Å². The van der Waals surface area contributed by atoms with E-state index in [0.717, 1.165) is 17.0 Å². The number of ketones is 1. The Balaban J connectivity index is 1.96. The van der Waals surface area contributed by atoms with Crippen LogP contribution in [-0.4, -0.2) is 21.8 Å². The Bertz CT molecular complexity index is 1150. The Hall–Kier alpha value is -3.81. The fourth-order valence-corrected chi connectivity index (χ4v) is 3.29. The molecule has 1 aliphatic heterocycles. The monoisotopic (exact) mass is 396 g/mol. The molecule has 146 valence electrons. The molecule has 1 unspecified atom stereocenters. The molecular weight excluding hydrogens is 382 g/mol. The summed E-state index contributed by atoms with van der Waals surface area (Å²) in [6.07, 6.45) is 2.83. The largest absolute Gasteiger partial charge is 0.507 e. The van der Waals surface area contributed by atoms with Crippen molar-refractivity contribution >= 4 is 23.1 Å². The van der Waals surface area contributed by atoms with Crippen molar-refractivity contribution in [2.24, 2.45) is 0 Å². The van der Waals surface area contributed by atoms with Gasteiger partial charge < -0.3 is 9.52 Å². The van der Waals surface area contributed by atoms with Gasteiger partial charge in [-0.1, -0.05) is 0 Å². The molecule has 0 aliphatic carbocycles. The highest BCUT2D eigenvalue weighted by Gasteiger charge is 2.49. The fraction of sp³-hybridized carbons (Fsp3) is 0.0952. The number of amides is 1. The molecule has 0 spiro atoms. The van der Waals surface area contributed by atoms with Crippen molar-refractivity contribution in [2.75, 3.05) is 4.90 Å². The lowest BCUT2D eigenvalue weighted by Gasteiger charge is -2.23. The zero-order valence-corrected chi connectivity index (χ0v) is 15.1. The van der Waals surface area contributed by atoms with E-state index in [2.05, 4.69) is 4.98 Å². The molecule has 0 bridgehead atoms. The normalized spacial score (nSPS) is 18.4. The molecule has 0 saturated carbocycles. The summed E-state index contributed by atoms with van der Waals surface area (Å²) < 4.78 is 33.5. The lowest BCUT2D eigenvalue weighted by Crippen LogP contribution is -2.30. The van der Waals surface area contributed by atoms with Crippen LogP contribution in [0.3, 0.4) is 0 Å². The second kappa shape index (κ2) is 6.97. The Labute approximate surface area is 163 Å². The van der Waals surface area contributed by atoms with Crippen LogP contribution < -0.4 is 4.90 Å². The third kappa shape index (κ3) is 3.08. The molecule has 8 heteroatoms. The highest BCUT2D eigenvalue weighted by Crippen LogP contribution is 2.43. The van der Waals surface area contributed by atoms with Crippen LogP contribution in [0.1, 0.15) is 23.1 Å². The standard InChI is InChI=1S/C21H14F2N2O4/c1-11-2-5-16(29-11)18-17(19(26)12-6-8-24-9-7-12)20(27)21(28)25(18)15-4-3-13(22)10-14(15)23/h2-10,18,26H,1H3/b19-17-. The van der Waals surface area contributed by atoms with Crippen LogP contribution in [0, 0.1) is 18.6 Å². The van der Waals surface area contributed by atoms with Gasteiger partial charge in [0.2, 0.25) is 0 Å². The molecule has 29 heavy (non-hydrogen) atoms. The highest BCUT2D eigenvalue weighted by molar-refractivity contribution is 6.51. The molecule has 1 aromatic carbocycles. The lowest BCUT2D eigenvalue weighted by atomic mass is 9.99. The zero-order valence-electron chi connectivity index (χ0n) is 15.1. The molecule has 0 radical (unpaired) electrons. The van der Waals surface area contributed by atoms with E-state index in [1.165, 1.54) is 30.6 Å². The van der Waals surface area contributed by atoms with Gasteiger partial charge in [-0.2, -0.15) is 0 Å². The predicted molar refractivity (Wildman–Crippen MR) is 98.8 cm³/mol. The summed E-state index contributed by atoms with van der Waals surface area (Å²) >= 11 is 0. The number of anilines is 1. The Morgan fingerprint density at radius 1 is 1.10 bits per heavy atom. The summed E-state index contributed by atoms with van der Waals surface area (Å²) in [5.41, 5.74) is -0.313. The van der Waals surface area contributed by atoms with E-state index < -0.39 is 35.1 Å². The number of Topliss-reactive ketones (excluding diaryl/α,β-unsaturated/α-hetero) is 1. The van der Waals surface area contributed by atoms with Crippen LogP contribution in [-0.2, 0) is 9.59 Å². The quantitative estimate of drug-likeness (QED) is 0.413. The molecule has 3 heterocycles. The number of rotatable bonds is 3. The average Bonchev–Trinajstić information content (AvgIpc) is 3.24. The van der Waals surface area contributed by atoms with Gasteiger partial charge in [-0.25, -0.2) is 8.78 Å². The van der Waals surface area contributed by atoms with E-state index in [0.29, 0.717) is 11.8 Å². The van der Waals surface area contributed by atoms with Gasteiger partial charge in [-0.05, 0) is 43.3 Å². The number of aromatic nitrogens is 1. The maximum Gasteiger partial charge on any atom is 0.300 e. The minimum Gasteiger partial charge on any atom is -0.507 e. The van der Waals surface area contributed by atoms with Gasteiger partial charge in [0.25, 0.3) is 11.7 Å². The Morgan fingerprint density at radius 3 is 2.45 bits per heavy atom. The molecule has 3 aromatic rings. The van der Waals surface area contributed by atoms with E-state index in [1.54, 1.807) is 13.0 Å². The summed E-state index contributed by atoms with van der Waals surface area (Å²) in [4.78, 5) is 30.3. The van der Waals surface area contributed by atoms with Gasteiger partial charge in [0.05, 0.1) is 11.3 Å². The van der Waals surface area contributed by atoms with Crippen molar-refractivity contribution in [3.63, 3.8) is 0 Å². The molecule has 2 aromatic heterocycles. The summed E-state index contributed by atoms with van der Waals surface area (Å²) in [6.45, 7) is 1.66. The van der Waals surface area contributed by atoms with Crippen LogP contribution in [0.15, 0.2) is 64.8 Å². The van der Waals surface area contributed by atoms with Gasteiger partial charge in [-0.3, -0.25) is 19.5 Å². The molecule has 1 aliphatic rings. The molecule has 4 rings (SSSR count). The minimum absolute atomic E-state index is 0.154. The van der Waals surface area contributed by atoms with E-state index in [-0.39, 0.29) is 22.6 Å². The molecule has 1 atom stereocenters. The first-order chi connectivity index (χ1) is 13.9. The topological polar surface area (TPSA) is 83.6 Å². The summed E-state index contributed by atoms with van der Waals surface area (Å²) in [6, 6.07) is 7.50. The third-order valence-corrected chi connectivity index (χ3v) is 4.60. The Morgan fingerprint density at radius 2 is 1.83 bits per heavy atom. The first-order valence-corrected chi connectivity index (χ1v) is 8.61. The third-order valence-electron chi connectivity index (χ3n) is 4.60. The maximum atomic E-state index is 14.5. The smallest absolute Gasteiger partial charge is 0.300 e. The summed E-state index contributed by atoms with van der Waals surface area (Å²) in [5.74, 6) is -3.73. The number of benzene rings is 1. The van der Waals surface area contributed by atoms with Gasteiger partial charge in [0, 0.05) is 24.0 Å². The molecule has 1 fully saturated rings. The summed E-state index contributed by atoms with van der Waals surface area (Å²) in [5, 5.41) is 10.8. The van der Waals surface area contributed by atoms with Crippen LogP contribution in [0.5, 0.6) is 0 Å². The number of carbonyl (C=O) groups excluding carboxylic acids is 2. The highest BCUT2D eigenvalue weighted by atomic mass is 19.1.